The van der Waals surface area contributed by atoms with Crippen LogP contribution < -0.4 is 0 Å². The highest BCUT2D eigenvalue weighted by Crippen LogP contribution is 2.08. The molecule has 0 unspecified atom stereocenters. The maximum Gasteiger partial charge on any atom is 0.159 e. The lowest BCUT2D eigenvalue weighted by Gasteiger charge is -1.96. The Morgan fingerprint density at radius 2 is 1.57 bits per heavy atom. The summed E-state index contributed by atoms with van der Waals surface area (Å²) in [6, 6.07) is 14.8. The van der Waals surface area contributed by atoms with E-state index in [1.165, 1.54) is 6.92 Å². The van der Waals surface area contributed by atoms with Gasteiger partial charge in [0.15, 0.2) is 11.6 Å². The number of hydrogen-bond donors (Lipinski definition) is 1. The van der Waals surface area contributed by atoms with Crippen molar-refractivity contribution in [2.75, 3.05) is 6.61 Å². The van der Waals surface area contributed by atoms with Gasteiger partial charge in [-0.1, -0.05) is 42.5 Å². The van der Waals surface area contributed by atoms with Crippen molar-refractivity contribution in [3.8, 4) is 0 Å². The van der Waals surface area contributed by atoms with E-state index in [-0.39, 0.29) is 18.2 Å². The van der Waals surface area contributed by atoms with Crippen molar-refractivity contribution in [3.05, 3.63) is 74.9 Å². The second-order valence-corrected chi connectivity index (χ2v) is 6.08. The molecule has 0 saturated carbocycles. The van der Waals surface area contributed by atoms with Gasteiger partial charge < -0.3 is 5.11 Å². The molecule has 0 radical (unpaired) electrons. The first-order chi connectivity index (χ1) is 10.9. The maximum absolute atomic E-state index is 11.0. The number of halogens is 1. The number of carbonyl (C=O) groups is 2. The summed E-state index contributed by atoms with van der Waals surface area (Å²) in [6.07, 6.45) is 3.42. The zero-order valence-electron chi connectivity index (χ0n) is 13.1. The standard InChI is InChI=1S/C11H12O2.C8H7IO/c1-9(13)11-6-2-4-10(8-11)5-3-7-12;1-6(10)7-3-2-4-8(9)5-7/h2-6,8,12H,7H2,1H3;2-5H,1H3/b5-3+;. The van der Waals surface area contributed by atoms with Crippen molar-refractivity contribution < 1.29 is 14.7 Å². The van der Waals surface area contributed by atoms with E-state index in [9.17, 15) is 9.59 Å². The van der Waals surface area contributed by atoms with Gasteiger partial charge in [-0.3, -0.25) is 9.59 Å². The molecular formula is C19H19IO3. The zero-order valence-corrected chi connectivity index (χ0v) is 15.3. The van der Waals surface area contributed by atoms with E-state index in [1.54, 1.807) is 31.2 Å². The number of benzene rings is 2. The molecule has 3 nitrogen and oxygen atoms in total. The van der Waals surface area contributed by atoms with Crippen LogP contribution in [0.1, 0.15) is 40.1 Å². The minimum absolute atomic E-state index is 0.0182. The molecule has 0 spiro atoms. The van der Waals surface area contributed by atoms with Gasteiger partial charge in [-0.15, -0.1) is 0 Å². The first-order valence-electron chi connectivity index (χ1n) is 7.09. The monoisotopic (exact) mass is 422 g/mol. The fourth-order valence-electron chi connectivity index (χ4n) is 1.76. The third-order valence-corrected chi connectivity index (χ3v) is 3.61. The zero-order chi connectivity index (χ0) is 17.2. The lowest BCUT2D eigenvalue weighted by Crippen LogP contribution is -1.91. The Bertz CT molecular complexity index is 705. The third kappa shape index (κ3) is 7.34. The van der Waals surface area contributed by atoms with E-state index in [4.69, 9.17) is 5.11 Å². The highest BCUT2D eigenvalue weighted by molar-refractivity contribution is 14.1. The molecule has 0 bridgehead atoms. The van der Waals surface area contributed by atoms with E-state index in [1.807, 2.05) is 36.4 Å². The first kappa shape index (κ1) is 19.3. The maximum atomic E-state index is 11.0. The highest BCUT2D eigenvalue weighted by atomic mass is 127. The van der Waals surface area contributed by atoms with Crippen molar-refractivity contribution in [1.82, 2.24) is 0 Å². The molecule has 2 rings (SSSR count). The minimum Gasteiger partial charge on any atom is -0.392 e. The number of aliphatic hydroxyl groups excluding tert-OH is 1. The minimum atomic E-state index is 0.0182. The summed E-state index contributed by atoms with van der Waals surface area (Å²) in [5.74, 6) is 0.178. The quantitative estimate of drug-likeness (QED) is 0.588. The van der Waals surface area contributed by atoms with Gasteiger partial charge >= 0.3 is 0 Å². The fraction of sp³-hybridized carbons (Fsp3) is 0.158. The second-order valence-electron chi connectivity index (χ2n) is 4.83. The van der Waals surface area contributed by atoms with Crippen molar-refractivity contribution in [3.63, 3.8) is 0 Å². The van der Waals surface area contributed by atoms with Crippen LogP contribution in [0.4, 0.5) is 0 Å². The molecular weight excluding hydrogens is 403 g/mol. The van der Waals surface area contributed by atoms with Crippen LogP contribution in [0.2, 0.25) is 0 Å². The van der Waals surface area contributed by atoms with Gasteiger partial charge in [0.05, 0.1) is 6.61 Å². The first-order valence-corrected chi connectivity index (χ1v) is 8.17. The van der Waals surface area contributed by atoms with E-state index >= 15 is 0 Å². The van der Waals surface area contributed by atoms with Crippen molar-refractivity contribution in [1.29, 1.82) is 0 Å². The van der Waals surface area contributed by atoms with Gasteiger partial charge in [-0.05, 0) is 60.2 Å². The summed E-state index contributed by atoms with van der Waals surface area (Å²) >= 11 is 2.19. The molecule has 2 aromatic carbocycles. The summed E-state index contributed by atoms with van der Waals surface area (Å²) in [5.41, 5.74) is 2.41. The normalized spacial score (nSPS) is 10.1. The van der Waals surface area contributed by atoms with Crippen LogP contribution in [0.15, 0.2) is 54.6 Å². The molecule has 0 aliphatic heterocycles. The number of rotatable bonds is 4. The number of carbonyl (C=O) groups excluding carboxylic acids is 2. The number of hydrogen-bond acceptors (Lipinski definition) is 3. The summed E-state index contributed by atoms with van der Waals surface area (Å²) in [6.45, 7) is 3.13. The van der Waals surface area contributed by atoms with Crippen LogP contribution in [0.3, 0.4) is 0 Å². The van der Waals surface area contributed by atoms with Crippen LogP contribution in [0.25, 0.3) is 6.08 Å². The lowest BCUT2D eigenvalue weighted by atomic mass is 10.1. The Morgan fingerprint density at radius 3 is 2.04 bits per heavy atom. The number of Topliss-reactive ketones (excluding diaryl/α,β-unsaturated/α-hetero) is 2. The fourth-order valence-corrected chi connectivity index (χ4v) is 2.30. The Hall–Kier alpha value is -1.79. The predicted molar refractivity (Wildman–Crippen MR) is 102 cm³/mol. The van der Waals surface area contributed by atoms with Crippen molar-refractivity contribution in [2.45, 2.75) is 13.8 Å². The molecule has 2 aromatic rings. The molecule has 0 amide bonds. The highest BCUT2D eigenvalue weighted by Gasteiger charge is 1.97. The Kier molecular flexibility index (Phi) is 8.43. The van der Waals surface area contributed by atoms with Crippen molar-refractivity contribution >= 4 is 40.2 Å². The van der Waals surface area contributed by atoms with Gasteiger partial charge in [0.2, 0.25) is 0 Å². The van der Waals surface area contributed by atoms with Gasteiger partial charge in [-0.25, -0.2) is 0 Å². The van der Waals surface area contributed by atoms with Gasteiger partial charge in [0.25, 0.3) is 0 Å². The molecule has 0 aromatic heterocycles. The molecule has 1 N–H and O–H groups in total. The number of ketones is 2. The van der Waals surface area contributed by atoms with Crippen LogP contribution in [-0.4, -0.2) is 23.3 Å². The van der Waals surface area contributed by atoms with Gasteiger partial charge in [0, 0.05) is 14.7 Å². The van der Waals surface area contributed by atoms with E-state index in [0.29, 0.717) is 5.56 Å². The molecule has 23 heavy (non-hydrogen) atoms. The molecule has 0 fully saturated rings. The Labute approximate surface area is 150 Å². The molecule has 0 saturated heterocycles. The molecule has 4 heteroatoms. The summed E-state index contributed by atoms with van der Waals surface area (Å²) in [5, 5.41) is 8.55. The SMILES string of the molecule is CC(=O)c1cccc(/C=C/CO)c1.CC(=O)c1cccc(I)c1. The smallest absolute Gasteiger partial charge is 0.159 e. The van der Waals surface area contributed by atoms with Crippen LogP contribution in [0, 0.1) is 3.57 Å². The van der Waals surface area contributed by atoms with Crippen LogP contribution in [0.5, 0.6) is 0 Å². The second kappa shape index (κ2) is 10.1. The third-order valence-electron chi connectivity index (χ3n) is 2.94. The summed E-state index contributed by atoms with van der Waals surface area (Å²) < 4.78 is 1.10. The Balaban J connectivity index is 0.000000238. The predicted octanol–water partition coefficient (Wildman–Crippen LogP) is 4.39. The lowest BCUT2D eigenvalue weighted by molar-refractivity contribution is 0.100. The molecule has 0 aliphatic carbocycles. The largest absolute Gasteiger partial charge is 0.392 e. The van der Waals surface area contributed by atoms with E-state index < -0.39 is 0 Å². The van der Waals surface area contributed by atoms with E-state index in [2.05, 4.69) is 22.6 Å². The van der Waals surface area contributed by atoms with Gasteiger partial charge in [0.1, 0.15) is 0 Å². The molecule has 120 valence electrons. The molecule has 0 atom stereocenters. The molecule has 0 aliphatic rings. The average molecular weight is 422 g/mol. The van der Waals surface area contributed by atoms with Gasteiger partial charge in [-0.2, -0.15) is 0 Å². The number of aliphatic hydroxyl groups is 1. The van der Waals surface area contributed by atoms with Crippen LogP contribution in [-0.2, 0) is 0 Å². The van der Waals surface area contributed by atoms with E-state index in [0.717, 1.165) is 14.7 Å². The van der Waals surface area contributed by atoms with Crippen LogP contribution >= 0.6 is 22.6 Å². The Morgan fingerprint density at radius 1 is 1.00 bits per heavy atom. The topological polar surface area (TPSA) is 54.4 Å². The summed E-state index contributed by atoms with van der Waals surface area (Å²) in [4.78, 5) is 21.8. The van der Waals surface area contributed by atoms with Crippen molar-refractivity contribution in [2.24, 2.45) is 0 Å². The average Bonchev–Trinajstić information content (AvgIpc) is 2.53. The summed E-state index contributed by atoms with van der Waals surface area (Å²) in [7, 11) is 0. The molecule has 0 heterocycles.